The van der Waals surface area contributed by atoms with Crippen molar-refractivity contribution < 1.29 is 19.1 Å². The molecule has 27 heavy (non-hydrogen) atoms. The van der Waals surface area contributed by atoms with Crippen molar-refractivity contribution in [1.82, 2.24) is 5.32 Å². The van der Waals surface area contributed by atoms with Gasteiger partial charge in [-0.1, -0.05) is 41.9 Å². The third-order valence-electron chi connectivity index (χ3n) is 4.50. The molecule has 0 fully saturated rings. The highest BCUT2D eigenvalue weighted by Crippen LogP contribution is 2.37. The molecule has 0 saturated heterocycles. The summed E-state index contributed by atoms with van der Waals surface area (Å²) in [7, 11) is 1.59. The Bertz CT molecular complexity index is 889. The van der Waals surface area contributed by atoms with E-state index in [1.165, 1.54) is 0 Å². The molecule has 0 aromatic heterocycles. The molecule has 1 atom stereocenters. The minimum absolute atomic E-state index is 0.128. The smallest absolute Gasteiger partial charge is 0.336 e. The van der Waals surface area contributed by atoms with E-state index in [1.807, 2.05) is 30.3 Å². The molecule has 0 saturated carbocycles. The third kappa shape index (κ3) is 4.31. The van der Waals surface area contributed by atoms with E-state index >= 15 is 0 Å². The molecule has 0 spiro atoms. The summed E-state index contributed by atoms with van der Waals surface area (Å²) in [5, 5.41) is 3.24. The Hall–Kier alpha value is -2.79. The molecular formula is C21H20ClNO4. The van der Waals surface area contributed by atoms with Crippen molar-refractivity contribution in [2.45, 2.75) is 25.9 Å². The Morgan fingerprint density at radius 2 is 1.89 bits per heavy atom. The van der Waals surface area contributed by atoms with E-state index in [2.05, 4.69) is 5.32 Å². The lowest BCUT2D eigenvalue weighted by Crippen LogP contribution is -2.34. The summed E-state index contributed by atoms with van der Waals surface area (Å²) in [6.07, 6.45) is 0.147. The maximum atomic E-state index is 12.8. The quantitative estimate of drug-likeness (QED) is 0.791. The zero-order valence-corrected chi connectivity index (χ0v) is 15.9. The highest BCUT2D eigenvalue weighted by Gasteiger charge is 2.33. The molecule has 6 heteroatoms. The van der Waals surface area contributed by atoms with E-state index in [0.717, 1.165) is 16.9 Å². The summed E-state index contributed by atoms with van der Waals surface area (Å²) in [5.41, 5.74) is 2.51. The van der Waals surface area contributed by atoms with E-state index in [-0.39, 0.29) is 18.9 Å². The average molecular weight is 386 g/mol. The number of allylic oxidation sites excluding steroid dienone is 1. The standard InChI is InChI=1S/C21H20ClNO4/c1-13-20(21(25)27-12-14-7-9-15(26-2)10-8-14)17(11-19(24)23-13)16-5-3-4-6-18(16)22/h3-10,17H,11-12H2,1-2H3,(H,23,24)/t17-/m1/s1. The predicted molar refractivity (Wildman–Crippen MR) is 102 cm³/mol. The molecule has 3 rings (SSSR count). The van der Waals surface area contributed by atoms with Crippen LogP contribution in [-0.4, -0.2) is 19.0 Å². The molecular weight excluding hydrogens is 366 g/mol. The van der Waals surface area contributed by atoms with E-state index in [0.29, 0.717) is 16.3 Å². The van der Waals surface area contributed by atoms with Crippen LogP contribution in [0.4, 0.5) is 0 Å². The number of nitrogens with one attached hydrogen (secondary N) is 1. The number of esters is 1. The van der Waals surface area contributed by atoms with Crippen molar-refractivity contribution in [3.63, 3.8) is 0 Å². The van der Waals surface area contributed by atoms with Crippen LogP contribution in [-0.2, 0) is 20.9 Å². The molecule has 0 bridgehead atoms. The van der Waals surface area contributed by atoms with Gasteiger partial charge in [0.05, 0.1) is 12.7 Å². The van der Waals surface area contributed by atoms with Crippen LogP contribution in [0.15, 0.2) is 59.8 Å². The first-order valence-corrected chi connectivity index (χ1v) is 8.92. The highest BCUT2D eigenvalue weighted by molar-refractivity contribution is 6.31. The molecule has 1 N–H and O–H groups in total. The summed E-state index contributed by atoms with van der Waals surface area (Å²) in [4.78, 5) is 24.8. The number of rotatable bonds is 5. The Kier molecular flexibility index (Phi) is 5.81. The SMILES string of the molecule is COc1ccc(COC(=O)C2=C(C)NC(=O)C[C@@H]2c2ccccc2Cl)cc1. The molecule has 1 aliphatic rings. The molecule has 1 heterocycles. The van der Waals surface area contributed by atoms with Crippen molar-refractivity contribution in [1.29, 1.82) is 0 Å². The molecule has 5 nitrogen and oxygen atoms in total. The van der Waals surface area contributed by atoms with Gasteiger partial charge in [0.25, 0.3) is 0 Å². The predicted octanol–water partition coefficient (Wildman–Crippen LogP) is 3.97. The third-order valence-corrected chi connectivity index (χ3v) is 4.84. The van der Waals surface area contributed by atoms with Crippen molar-refractivity contribution in [3.05, 3.63) is 76.0 Å². The first kappa shape index (κ1) is 19.0. The second kappa shape index (κ2) is 8.27. The van der Waals surface area contributed by atoms with Crippen LogP contribution in [0.2, 0.25) is 5.02 Å². The Morgan fingerprint density at radius 1 is 1.19 bits per heavy atom. The number of ether oxygens (including phenoxy) is 2. The molecule has 140 valence electrons. The maximum Gasteiger partial charge on any atom is 0.336 e. The number of carbonyl (C=O) groups excluding carboxylic acids is 2. The average Bonchev–Trinajstić information content (AvgIpc) is 2.66. The summed E-state index contributed by atoms with van der Waals surface area (Å²) >= 11 is 6.31. The second-order valence-corrected chi connectivity index (χ2v) is 6.70. The van der Waals surface area contributed by atoms with Crippen molar-refractivity contribution in [3.8, 4) is 5.75 Å². The molecule has 2 aromatic carbocycles. The van der Waals surface area contributed by atoms with E-state index in [4.69, 9.17) is 21.1 Å². The minimum Gasteiger partial charge on any atom is -0.497 e. The van der Waals surface area contributed by atoms with Gasteiger partial charge in [0.15, 0.2) is 0 Å². The van der Waals surface area contributed by atoms with Gasteiger partial charge in [-0.25, -0.2) is 4.79 Å². The summed E-state index contributed by atoms with van der Waals surface area (Å²) in [6.45, 7) is 1.83. The first-order valence-electron chi connectivity index (χ1n) is 8.54. The van der Waals surface area contributed by atoms with Gasteiger partial charge in [-0.2, -0.15) is 0 Å². The van der Waals surface area contributed by atoms with Crippen LogP contribution in [0.1, 0.15) is 30.4 Å². The van der Waals surface area contributed by atoms with Crippen LogP contribution in [0.5, 0.6) is 5.75 Å². The topological polar surface area (TPSA) is 64.6 Å². The van der Waals surface area contributed by atoms with Gasteiger partial charge >= 0.3 is 5.97 Å². The van der Waals surface area contributed by atoms with Crippen LogP contribution < -0.4 is 10.1 Å². The number of methoxy groups -OCH3 is 1. The zero-order valence-electron chi connectivity index (χ0n) is 15.1. The molecule has 0 radical (unpaired) electrons. The normalized spacial score (nSPS) is 16.7. The van der Waals surface area contributed by atoms with Gasteiger partial charge < -0.3 is 14.8 Å². The fourth-order valence-electron chi connectivity index (χ4n) is 3.14. The van der Waals surface area contributed by atoms with E-state index in [9.17, 15) is 9.59 Å². The Balaban J connectivity index is 1.82. The lowest BCUT2D eigenvalue weighted by molar-refractivity contribution is -0.141. The number of halogens is 1. The monoisotopic (exact) mass is 385 g/mol. The number of carbonyl (C=O) groups is 2. The van der Waals surface area contributed by atoms with Gasteiger partial charge in [-0.15, -0.1) is 0 Å². The van der Waals surface area contributed by atoms with Crippen molar-refractivity contribution >= 4 is 23.5 Å². The fraction of sp³-hybridized carbons (Fsp3) is 0.238. The Morgan fingerprint density at radius 3 is 2.56 bits per heavy atom. The first-order chi connectivity index (χ1) is 13.0. The fourth-order valence-corrected chi connectivity index (χ4v) is 3.41. The van der Waals surface area contributed by atoms with Crippen molar-refractivity contribution in [2.75, 3.05) is 7.11 Å². The van der Waals surface area contributed by atoms with Gasteiger partial charge in [0.2, 0.25) is 5.91 Å². The largest absolute Gasteiger partial charge is 0.497 e. The molecule has 2 aromatic rings. The van der Waals surface area contributed by atoms with Crippen LogP contribution in [0.3, 0.4) is 0 Å². The van der Waals surface area contributed by atoms with Gasteiger partial charge in [0.1, 0.15) is 12.4 Å². The van der Waals surface area contributed by atoms with E-state index < -0.39 is 11.9 Å². The number of hydrogen-bond acceptors (Lipinski definition) is 4. The number of hydrogen-bond donors (Lipinski definition) is 1. The minimum atomic E-state index is -0.465. The Labute approximate surface area is 162 Å². The number of benzene rings is 2. The number of amides is 1. The van der Waals surface area contributed by atoms with E-state index in [1.54, 1.807) is 32.2 Å². The van der Waals surface area contributed by atoms with Crippen LogP contribution in [0, 0.1) is 0 Å². The lowest BCUT2D eigenvalue weighted by atomic mass is 9.84. The summed E-state index contributed by atoms with van der Waals surface area (Å²) in [6, 6.07) is 14.5. The molecule has 0 unspecified atom stereocenters. The van der Waals surface area contributed by atoms with Crippen LogP contribution >= 0.6 is 11.6 Å². The van der Waals surface area contributed by atoms with Gasteiger partial charge in [-0.05, 0) is 36.2 Å². The molecule has 0 aliphatic carbocycles. The lowest BCUT2D eigenvalue weighted by Gasteiger charge is -2.27. The zero-order chi connectivity index (χ0) is 19.4. The maximum absolute atomic E-state index is 12.8. The van der Waals surface area contributed by atoms with Gasteiger partial charge in [0, 0.05) is 23.1 Å². The van der Waals surface area contributed by atoms with Crippen LogP contribution in [0.25, 0.3) is 0 Å². The van der Waals surface area contributed by atoms with Gasteiger partial charge in [-0.3, -0.25) is 4.79 Å². The summed E-state index contributed by atoms with van der Waals surface area (Å²) < 4.78 is 10.6. The molecule has 1 amide bonds. The second-order valence-electron chi connectivity index (χ2n) is 6.29. The summed E-state index contributed by atoms with van der Waals surface area (Å²) in [5.74, 6) is -0.314. The van der Waals surface area contributed by atoms with Crippen molar-refractivity contribution in [2.24, 2.45) is 0 Å². The molecule has 1 aliphatic heterocycles. The highest BCUT2D eigenvalue weighted by atomic mass is 35.5.